The van der Waals surface area contributed by atoms with Gasteiger partial charge in [-0.2, -0.15) is 4.98 Å². The topological polar surface area (TPSA) is 77.8 Å². The van der Waals surface area contributed by atoms with Crippen LogP contribution >= 0.6 is 0 Å². The molecule has 0 aliphatic carbocycles. The third kappa shape index (κ3) is 1.48. The first-order chi connectivity index (χ1) is 6.25. The molecule has 2 aromatic rings. The lowest BCUT2D eigenvalue weighted by Gasteiger charge is -1.93. The first-order valence-electron chi connectivity index (χ1n) is 3.78. The monoisotopic (exact) mass is 176 g/mol. The Labute approximate surface area is 74.6 Å². The smallest absolute Gasteiger partial charge is 0.261 e. The molecule has 0 atom stereocenters. The Hall–Kier alpha value is -1.91. The molecule has 13 heavy (non-hydrogen) atoms. The largest absolute Gasteiger partial charge is 0.365 e. The van der Waals surface area contributed by atoms with E-state index < -0.39 is 0 Å². The van der Waals surface area contributed by atoms with Crippen molar-refractivity contribution in [2.45, 2.75) is 6.92 Å². The molecule has 2 heterocycles. The van der Waals surface area contributed by atoms with Gasteiger partial charge >= 0.3 is 0 Å². The highest BCUT2D eigenvalue weighted by atomic mass is 16.5. The number of nitrogen functional groups attached to an aromatic ring is 1. The summed E-state index contributed by atoms with van der Waals surface area (Å²) >= 11 is 0. The minimum Gasteiger partial charge on any atom is -0.365 e. The number of rotatable bonds is 1. The molecule has 0 unspecified atom stereocenters. The molecule has 0 radical (unpaired) electrons. The highest BCUT2D eigenvalue weighted by Gasteiger charge is 2.05. The molecular formula is C8H8N4O. The van der Waals surface area contributed by atoms with Gasteiger partial charge in [0, 0.05) is 17.5 Å². The van der Waals surface area contributed by atoms with Gasteiger partial charge in [-0.15, -0.1) is 0 Å². The van der Waals surface area contributed by atoms with E-state index >= 15 is 0 Å². The molecule has 0 aromatic carbocycles. The van der Waals surface area contributed by atoms with Gasteiger partial charge in [0.05, 0.1) is 0 Å². The van der Waals surface area contributed by atoms with E-state index in [1.54, 1.807) is 12.3 Å². The van der Waals surface area contributed by atoms with Crippen molar-refractivity contribution in [3.8, 4) is 11.5 Å². The van der Waals surface area contributed by atoms with E-state index in [9.17, 15) is 0 Å². The zero-order chi connectivity index (χ0) is 9.26. The van der Waals surface area contributed by atoms with Crippen molar-refractivity contribution in [2.24, 2.45) is 0 Å². The van der Waals surface area contributed by atoms with Crippen LogP contribution < -0.4 is 5.73 Å². The molecule has 0 spiro atoms. The Bertz CT molecular complexity index is 424. The van der Waals surface area contributed by atoms with Crippen LogP contribution in [0.25, 0.3) is 11.5 Å². The van der Waals surface area contributed by atoms with E-state index in [-0.39, 0.29) is 5.95 Å². The highest BCUT2D eigenvalue weighted by molar-refractivity contribution is 5.53. The van der Waals surface area contributed by atoms with Crippen LogP contribution in [0.3, 0.4) is 0 Å². The maximum atomic E-state index is 5.32. The fraction of sp³-hybridized carbons (Fsp3) is 0.125. The van der Waals surface area contributed by atoms with Gasteiger partial charge in [-0.1, -0.05) is 0 Å². The summed E-state index contributed by atoms with van der Waals surface area (Å²) in [4.78, 5) is 7.95. The first-order valence-corrected chi connectivity index (χ1v) is 3.78. The van der Waals surface area contributed by atoms with Gasteiger partial charge in [0.2, 0.25) is 0 Å². The van der Waals surface area contributed by atoms with Crippen molar-refractivity contribution in [1.29, 1.82) is 0 Å². The Balaban J connectivity index is 2.46. The summed E-state index contributed by atoms with van der Waals surface area (Å²) < 4.78 is 4.89. The molecule has 0 saturated carbocycles. The van der Waals surface area contributed by atoms with Gasteiger partial charge < -0.3 is 10.3 Å². The Morgan fingerprint density at radius 3 is 2.92 bits per heavy atom. The molecule has 0 bridgehead atoms. The van der Waals surface area contributed by atoms with Crippen LogP contribution in [0, 0.1) is 6.92 Å². The van der Waals surface area contributed by atoms with Gasteiger partial charge in [-0.3, -0.25) is 4.98 Å². The van der Waals surface area contributed by atoms with E-state index in [2.05, 4.69) is 15.1 Å². The molecule has 2 aromatic heterocycles. The van der Waals surface area contributed by atoms with Crippen LogP contribution in [0.15, 0.2) is 22.9 Å². The van der Waals surface area contributed by atoms with Gasteiger partial charge in [-0.05, 0) is 24.2 Å². The van der Waals surface area contributed by atoms with Gasteiger partial charge in [0.25, 0.3) is 11.8 Å². The van der Waals surface area contributed by atoms with Crippen LogP contribution in [-0.2, 0) is 0 Å². The minimum atomic E-state index is 0.143. The number of aryl methyl sites for hydroxylation is 1. The predicted octanol–water partition coefficient (Wildman–Crippen LogP) is 1.02. The number of nitrogens with two attached hydrogens (primary N) is 1. The molecule has 5 nitrogen and oxygen atoms in total. The van der Waals surface area contributed by atoms with E-state index in [0.717, 1.165) is 11.3 Å². The molecule has 2 rings (SSSR count). The fourth-order valence-electron chi connectivity index (χ4n) is 1.03. The number of hydrogen-bond donors (Lipinski definition) is 1. The number of anilines is 1. The van der Waals surface area contributed by atoms with Crippen LogP contribution in [0.1, 0.15) is 5.69 Å². The molecule has 0 amide bonds. The molecule has 0 saturated heterocycles. The van der Waals surface area contributed by atoms with Crippen molar-refractivity contribution in [3.05, 3.63) is 24.0 Å². The van der Waals surface area contributed by atoms with E-state index in [0.29, 0.717) is 5.89 Å². The predicted molar refractivity (Wildman–Crippen MR) is 46.7 cm³/mol. The molecule has 0 aliphatic heterocycles. The van der Waals surface area contributed by atoms with Gasteiger partial charge in [0.15, 0.2) is 0 Å². The lowest BCUT2D eigenvalue weighted by molar-refractivity contribution is 0.433. The summed E-state index contributed by atoms with van der Waals surface area (Å²) in [5.74, 6) is 0.562. The second-order valence-electron chi connectivity index (χ2n) is 2.64. The molecule has 0 fully saturated rings. The third-order valence-electron chi connectivity index (χ3n) is 1.59. The van der Waals surface area contributed by atoms with Crippen LogP contribution in [-0.4, -0.2) is 15.1 Å². The molecule has 2 N–H and O–H groups in total. The van der Waals surface area contributed by atoms with Crippen molar-refractivity contribution >= 4 is 5.95 Å². The molecule has 66 valence electrons. The summed E-state index contributed by atoms with van der Waals surface area (Å²) in [6, 6.07) is 3.65. The number of pyridine rings is 1. The van der Waals surface area contributed by atoms with Crippen LogP contribution in [0.2, 0.25) is 0 Å². The molecule has 0 aliphatic rings. The van der Waals surface area contributed by atoms with E-state index in [4.69, 9.17) is 10.3 Å². The summed E-state index contributed by atoms with van der Waals surface area (Å²) in [5, 5.41) is 3.49. The lowest BCUT2D eigenvalue weighted by Crippen LogP contribution is -1.86. The van der Waals surface area contributed by atoms with Gasteiger partial charge in [-0.25, -0.2) is 0 Å². The minimum absolute atomic E-state index is 0.143. The summed E-state index contributed by atoms with van der Waals surface area (Å²) in [6.45, 7) is 1.89. The normalized spacial score (nSPS) is 10.2. The average Bonchev–Trinajstić information content (AvgIpc) is 2.52. The number of hydrogen-bond acceptors (Lipinski definition) is 5. The summed E-state index contributed by atoms with van der Waals surface area (Å²) in [7, 11) is 0. The summed E-state index contributed by atoms with van der Waals surface area (Å²) in [6.07, 6.45) is 1.69. The average molecular weight is 176 g/mol. The lowest BCUT2D eigenvalue weighted by atomic mass is 10.2. The number of nitrogens with zero attached hydrogens (tertiary/aromatic N) is 3. The fourth-order valence-corrected chi connectivity index (χ4v) is 1.03. The zero-order valence-electron chi connectivity index (χ0n) is 7.06. The van der Waals surface area contributed by atoms with E-state index in [1.165, 1.54) is 0 Å². The standard InChI is InChI=1S/C8H8N4O/c1-5-4-6(2-3-10-5)7-11-8(9)12-13-7/h2-4H,1H3,(H2,9,12). The maximum absolute atomic E-state index is 5.32. The quantitative estimate of drug-likeness (QED) is 0.701. The van der Waals surface area contributed by atoms with Crippen molar-refractivity contribution in [1.82, 2.24) is 15.1 Å². The first kappa shape index (κ1) is 7.72. The molecule has 5 heteroatoms. The Morgan fingerprint density at radius 1 is 1.46 bits per heavy atom. The highest BCUT2D eigenvalue weighted by Crippen LogP contribution is 2.16. The Morgan fingerprint density at radius 2 is 2.31 bits per heavy atom. The second kappa shape index (κ2) is 2.85. The number of aromatic nitrogens is 3. The van der Waals surface area contributed by atoms with Crippen molar-refractivity contribution < 1.29 is 4.52 Å². The third-order valence-corrected chi connectivity index (χ3v) is 1.59. The Kier molecular flexibility index (Phi) is 1.70. The molecular weight excluding hydrogens is 168 g/mol. The van der Waals surface area contributed by atoms with E-state index in [1.807, 2.05) is 13.0 Å². The van der Waals surface area contributed by atoms with Gasteiger partial charge in [0.1, 0.15) is 0 Å². The summed E-state index contributed by atoms with van der Waals surface area (Å²) in [5.41, 5.74) is 7.05. The SMILES string of the molecule is Cc1cc(-c2nc(N)no2)ccn1. The maximum Gasteiger partial charge on any atom is 0.261 e. The van der Waals surface area contributed by atoms with Crippen LogP contribution in [0.5, 0.6) is 0 Å². The van der Waals surface area contributed by atoms with Crippen LogP contribution in [0.4, 0.5) is 5.95 Å². The zero-order valence-corrected chi connectivity index (χ0v) is 7.06. The van der Waals surface area contributed by atoms with Crippen molar-refractivity contribution in [3.63, 3.8) is 0 Å². The van der Waals surface area contributed by atoms with Crippen molar-refractivity contribution in [2.75, 3.05) is 5.73 Å². The second-order valence-corrected chi connectivity index (χ2v) is 2.64.